The summed E-state index contributed by atoms with van der Waals surface area (Å²) in [6.07, 6.45) is 7.50. The summed E-state index contributed by atoms with van der Waals surface area (Å²) in [6, 6.07) is 0. The highest BCUT2D eigenvalue weighted by Crippen LogP contribution is 2.15. The van der Waals surface area contributed by atoms with Crippen LogP contribution in [0.25, 0.3) is 0 Å². The summed E-state index contributed by atoms with van der Waals surface area (Å²) < 4.78 is 4.54. The van der Waals surface area contributed by atoms with E-state index in [1.54, 1.807) is 7.11 Å². The van der Waals surface area contributed by atoms with Crippen LogP contribution in [0.2, 0.25) is 0 Å². The van der Waals surface area contributed by atoms with E-state index in [1.165, 1.54) is 32.1 Å². The van der Waals surface area contributed by atoms with Crippen molar-refractivity contribution in [2.45, 2.75) is 52.9 Å². The van der Waals surface area contributed by atoms with Crippen molar-refractivity contribution in [2.75, 3.05) is 13.7 Å². The van der Waals surface area contributed by atoms with Gasteiger partial charge in [0.25, 0.3) is 0 Å². The lowest BCUT2D eigenvalue weighted by atomic mass is 10.4. The van der Waals surface area contributed by atoms with Crippen molar-refractivity contribution < 1.29 is 4.74 Å². The summed E-state index contributed by atoms with van der Waals surface area (Å²) in [5, 5.41) is 0. The maximum absolute atomic E-state index is 4.54. The van der Waals surface area contributed by atoms with Gasteiger partial charge in [-0.1, -0.05) is 46.0 Å². The second kappa shape index (κ2) is 16.5. The highest BCUT2D eigenvalue weighted by atomic mass is 16.5. The maximum atomic E-state index is 4.54. The van der Waals surface area contributed by atoms with Crippen LogP contribution in [0.15, 0.2) is 0 Å². The Labute approximate surface area is 72.1 Å². The Hall–Kier alpha value is -0.0400. The molecule has 0 aliphatic heterocycles. The Morgan fingerprint density at radius 3 is 1.18 bits per heavy atom. The minimum absolute atomic E-state index is 0.819. The van der Waals surface area contributed by atoms with Crippen LogP contribution >= 0.6 is 0 Å². The molecule has 1 nitrogen and oxygen atoms in total. The highest BCUT2D eigenvalue weighted by molar-refractivity contribution is 4.51. The molecule has 0 N–H and O–H groups in total. The molecule has 0 unspecified atom stereocenters. The van der Waals surface area contributed by atoms with E-state index >= 15 is 0 Å². The molecule has 0 atom stereocenters. The first-order valence-corrected chi connectivity index (χ1v) is 4.90. The van der Waals surface area contributed by atoms with E-state index in [4.69, 9.17) is 0 Å². The monoisotopic (exact) mass is 160 g/mol. The quantitative estimate of drug-likeness (QED) is 0.569. The number of rotatable bonds is 1. The zero-order valence-electron chi connectivity index (χ0n) is 8.65. The topological polar surface area (TPSA) is 9.23 Å². The van der Waals surface area contributed by atoms with E-state index in [-0.39, 0.29) is 0 Å². The SMILES string of the molecule is C1CCCC1.CC.CCOC. The molecule has 0 bridgehead atoms. The summed E-state index contributed by atoms with van der Waals surface area (Å²) >= 11 is 0. The van der Waals surface area contributed by atoms with Gasteiger partial charge < -0.3 is 4.74 Å². The normalized spacial score (nSPS) is 14.2. The van der Waals surface area contributed by atoms with Gasteiger partial charge in [0.15, 0.2) is 0 Å². The molecular weight excluding hydrogens is 136 g/mol. The van der Waals surface area contributed by atoms with Crippen molar-refractivity contribution in [2.24, 2.45) is 0 Å². The molecule has 1 saturated carbocycles. The zero-order chi connectivity index (χ0) is 8.95. The molecule has 70 valence electrons. The lowest BCUT2D eigenvalue weighted by Gasteiger charge is -1.76. The first kappa shape index (κ1) is 13.5. The second-order valence-electron chi connectivity index (χ2n) is 2.35. The number of hydrogen-bond donors (Lipinski definition) is 0. The van der Waals surface area contributed by atoms with Crippen LogP contribution in [-0.4, -0.2) is 13.7 Å². The van der Waals surface area contributed by atoms with E-state index in [0.717, 1.165) is 6.61 Å². The van der Waals surface area contributed by atoms with Gasteiger partial charge in [-0.15, -0.1) is 0 Å². The molecule has 0 aromatic heterocycles. The van der Waals surface area contributed by atoms with E-state index in [2.05, 4.69) is 4.74 Å². The fourth-order valence-electron chi connectivity index (χ4n) is 0.884. The molecule has 0 radical (unpaired) electrons. The zero-order valence-corrected chi connectivity index (χ0v) is 8.65. The molecule has 0 amide bonds. The summed E-state index contributed by atoms with van der Waals surface area (Å²) in [7, 11) is 1.68. The molecule has 0 saturated heterocycles. The van der Waals surface area contributed by atoms with Crippen LogP contribution in [0.5, 0.6) is 0 Å². The third-order valence-electron chi connectivity index (χ3n) is 1.54. The fraction of sp³-hybridized carbons (Fsp3) is 1.00. The Kier molecular flexibility index (Phi) is 20.3. The third kappa shape index (κ3) is 17.8. The average molecular weight is 160 g/mol. The summed E-state index contributed by atoms with van der Waals surface area (Å²) in [6.45, 7) is 6.78. The minimum Gasteiger partial charge on any atom is -0.385 e. The second-order valence-corrected chi connectivity index (χ2v) is 2.35. The first-order chi connectivity index (χ1) is 5.41. The Bertz CT molecular complexity index is 30.5. The molecule has 0 aromatic carbocycles. The molecular formula is C10H24O. The van der Waals surface area contributed by atoms with Crippen molar-refractivity contribution in [1.29, 1.82) is 0 Å². The van der Waals surface area contributed by atoms with Gasteiger partial charge in [0.2, 0.25) is 0 Å². The standard InChI is InChI=1S/C5H10.C3H8O.C2H6/c1-2-4-5-3-1;1-3-4-2;1-2/h1-5H2;3H2,1-2H3;1-2H3. The predicted octanol–water partition coefficient (Wildman–Crippen LogP) is 3.63. The van der Waals surface area contributed by atoms with E-state index in [9.17, 15) is 0 Å². The molecule has 0 heterocycles. The van der Waals surface area contributed by atoms with Crippen LogP contribution in [0.4, 0.5) is 0 Å². The van der Waals surface area contributed by atoms with Crippen molar-refractivity contribution in [3.63, 3.8) is 0 Å². The van der Waals surface area contributed by atoms with E-state index < -0.39 is 0 Å². The third-order valence-corrected chi connectivity index (χ3v) is 1.54. The summed E-state index contributed by atoms with van der Waals surface area (Å²) in [5.74, 6) is 0. The van der Waals surface area contributed by atoms with Gasteiger partial charge in [0, 0.05) is 13.7 Å². The highest BCUT2D eigenvalue weighted by Gasteiger charge is 1.95. The van der Waals surface area contributed by atoms with E-state index in [1.807, 2.05) is 20.8 Å². The number of ether oxygens (including phenoxy) is 1. The average Bonchev–Trinajstić information content (AvgIpc) is 2.65. The van der Waals surface area contributed by atoms with Gasteiger partial charge in [0.1, 0.15) is 0 Å². The first-order valence-electron chi connectivity index (χ1n) is 4.90. The van der Waals surface area contributed by atoms with Crippen LogP contribution in [0.3, 0.4) is 0 Å². The van der Waals surface area contributed by atoms with Gasteiger partial charge in [0.05, 0.1) is 0 Å². The summed E-state index contributed by atoms with van der Waals surface area (Å²) in [4.78, 5) is 0. The molecule has 0 spiro atoms. The van der Waals surface area contributed by atoms with Crippen molar-refractivity contribution in [3.8, 4) is 0 Å². The van der Waals surface area contributed by atoms with Crippen molar-refractivity contribution in [1.82, 2.24) is 0 Å². The molecule has 11 heavy (non-hydrogen) atoms. The van der Waals surface area contributed by atoms with Crippen LogP contribution in [0, 0.1) is 0 Å². The summed E-state index contributed by atoms with van der Waals surface area (Å²) in [5.41, 5.74) is 0. The molecule has 1 aliphatic rings. The predicted molar refractivity (Wildman–Crippen MR) is 52.0 cm³/mol. The molecule has 1 fully saturated rings. The van der Waals surface area contributed by atoms with Crippen LogP contribution < -0.4 is 0 Å². The molecule has 1 rings (SSSR count). The smallest absolute Gasteiger partial charge is 0.0433 e. The Morgan fingerprint density at radius 1 is 0.909 bits per heavy atom. The maximum Gasteiger partial charge on any atom is 0.0433 e. The van der Waals surface area contributed by atoms with Crippen molar-refractivity contribution >= 4 is 0 Å². The molecule has 1 aliphatic carbocycles. The van der Waals surface area contributed by atoms with Gasteiger partial charge in [-0.25, -0.2) is 0 Å². The Balaban J connectivity index is 0. The van der Waals surface area contributed by atoms with E-state index in [0.29, 0.717) is 0 Å². The molecule has 0 aromatic rings. The lowest BCUT2D eigenvalue weighted by Crippen LogP contribution is -1.73. The Morgan fingerprint density at radius 2 is 1.09 bits per heavy atom. The lowest BCUT2D eigenvalue weighted by molar-refractivity contribution is 0.215. The minimum atomic E-state index is 0.819. The number of methoxy groups -OCH3 is 1. The van der Waals surface area contributed by atoms with Gasteiger partial charge in [-0.05, 0) is 6.92 Å². The van der Waals surface area contributed by atoms with Gasteiger partial charge >= 0.3 is 0 Å². The largest absolute Gasteiger partial charge is 0.385 e. The van der Waals surface area contributed by atoms with Crippen LogP contribution in [-0.2, 0) is 4.74 Å². The van der Waals surface area contributed by atoms with Gasteiger partial charge in [-0.3, -0.25) is 0 Å². The van der Waals surface area contributed by atoms with Gasteiger partial charge in [-0.2, -0.15) is 0 Å². The fourth-order valence-corrected chi connectivity index (χ4v) is 0.884. The van der Waals surface area contributed by atoms with Crippen LogP contribution in [0.1, 0.15) is 52.9 Å². The van der Waals surface area contributed by atoms with Crippen molar-refractivity contribution in [3.05, 3.63) is 0 Å². The number of hydrogen-bond acceptors (Lipinski definition) is 1. The molecule has 1 heteroatoms.